The maximum absolute atomic E-state index is 12.4. The average molecular weight is 452 g/mol. The molecule has 27 heavy (non-hydrogen) atoms. The van der Waals surface area contributed by atoms with Crippen molar-refractivity contribution in [3.05, 3.63) is 0 Å². The Kier molecular flexibility index (Phi) is 10.1. The molecule has 1 aliphatic heterocycles. The van der Waals surface area contributed by atoms with E-state index in [4.69, 9.17) is 4.84 Å². The van der Waals surface area contributed by atoms with Gasteiger partial charge in [-0.05, 0) is 20.8 Å². The minimum absolute atomic E-state index is 0. The third kappa shape index (κ3) is 9.00. The van der Waals surface area contributed by atoms with Crippen LogP contribution in [0.5, 0.6) is 0 Å². The van der Waals surface area contributed by atoms with Crippen molar-refractivity contribution in [2.45, 2.75) is 32.4 Å². The molecule has 0 aromatic heterocycles. The van der Waals surface area contributed by atoms with E-state index in [0.29, 0.717) is 6.54 Å². The number of nitrogens with zero attached hydrogens (tertiary/aromatic N) is 2. The van der Waals surface area contributed by atoms with Gasteiger partial charge < -0.3 is 5.32 Å². The number of nitrogens with one attached hydrogen (secondary N) is 3. The topological polar surface area (TPSA) is 137 Å². The lowest BCUT2D eigenvalue weighted by Crippen LogP contribution is -2.59. The highest BCUT2D eigenvalue weighted by molar-refractivity contribution is 7.89. The number of hydrogen-bond acceptors (Lipinski definition) is 7. The van der Waals surface area contributed by atoms with Crippen molar-refractivity contribution in [2.75, 3.05) is 46.0 Å². The van der Waals surface area contributed by atoms with Crippen LogP contribution in [-0.2, 0) is 29.9 Å². The first-order valence-electron chi connectivity index (χ1n) is 8.11. The van der Waals surface area contributed by atoms with Gasteiger partial charge in [0.15, 0.2) is 0 Å². The molecule has 0 radical (unpaired) electrons. The van der Waals surface area contributed by atoms with E-state index in [1.54, 1.807) is 20.8 Å². The maximum Gasteiger partial charge on any atom is 0.278 e. The van der Waals surface area contributed by atoms with Gasteiger partial charge in [-0.25, -0.2) is 18.6 Å². The Morgan fingerprint density at radius 3 is 2.37 bits per heavy atom. The van der Waals surface area contributed by atoms with E-state index >= 15 is 0 Å². The van der Waals surface area contributed by atoms with Crippen LogP contribution in [0.2, 0.25) is 0 Å². The first kappa shape index (κ1) is 26.5. The second-order valence-corrected chi connectivity index (χ2v) is 11.1. The monoisotopic (exact) mass is 451 g/mol. The molecule has 0 aromatic rings. The molecule has 0 aliphatic carbocycles. The number of rotatable bonds is 8. The lowest BCUT2D eigenvalue weighted by atomic mass is 10.2. The molecule has 14 heteroatoms. The molecule has 0 spiro atoms. The molecule has 1 amide bonds. The van der Waals surface area contributed by atoms with E-state index in [1.807, 2.05) is 0 Å². The van der Waals surface area contributed by atoms with Crippen molar-refractivity contribution in [2.24, 2.45) is 0 Å². The fourth-order valence-corrected chi connectivity index (χ4v) is 4.09. The summed E-state index contributed by atoms with van der Waals surface area (Å²) >= 11 is 0. The van der Waals surface area contributed by atoms with E-state index in [1.165, 1.54) is 18.4 Å². The average Bonchev–Trinajstić information content (AvgIpc) is 2.51. The predicted octanol–water partition coefficient (Wildman–Crippen LogP) is -1.75. The summed E-state index contributed by atoms with van der Waals surface area (Å²) in [6.45, 7) is 5.51. The van der Waals surface area contributed by atoms with Gasteiger partial charge in [0.1, 0.15) is 6.04 Å². The summed E-state index contributed by atoms with van der Waals surface area (Å²) in [4.78, 5) is 17.3. The molecule has 0 saturated carbocycles. The van der Waals surface area contributed by atoms with Gasteiger partial charge in [-0.15, -0.1) is 12.4 Å². The summed E-state index contributed by atoms with van der Waals surface area (Å²) in [5, 5.41) is 2.94. The van der Waals surface area contributed by atoms with Crippen LogP contribution in [0.15, 0.2) is 0 Å². The summed E-state index contributed by atoms with van der Waals surface area (Å²) in [6, 6.07) is -0.751. The van der Waals surface area contributed by atoms with Crippen molar-refractivity contribution in [1.29, 1.82) is 0 Å². The van der Waals surface area contributed by atoms with Crippen LogP contribution in [-0.4, -0.2) is 89.0 Å². The number of carbonyl (C=O) groups is 1. The molecule has 162 valence electrons. The molecule has 11 nitrogen and oxygen atoms in total. The van der Waals surface area contributed by atoms with Gasteiger partial charge in [-0.1, -0.05) is 0 Å². The Morgan fingerprint density at radius 1 is 1.26 bits per heavy atom. The second-order valence-electron chi connectivity index (χ2n) is 7.04. The van der Waals surface area contributed by atoms with Crippen LogP contribution < -0.4 is 15.5 Å². The maximum atomic E-state index is 12.4. The van der Waals surface area contributed by atoms with Crippen LogP contribution in [0.3, 0.4) is 0 Å². The number of halogens is 1. The first-order chi connectivity index (χ1) is 11.7. The van der Waals surface area contributed by atoms with Crippen molar-refractivity contribution >= 4 is 38.5 Å². The van der Waals surface area contributed by atoms with Crippen LogP contribution >= 0.6 is 12.4 Å². The standard InChI is InChI=1S/C13H29N5O6S2.ClH/c1-13(2,3)24-16-12(19)11-10-18(8-6-14-11)25(20,21)9-7-15-26(22,23)17(4)5;/h11,14-15H,6-10H2,1-5H3,(H,16,19);1H. The fourth-order valence-electron chi connectivity index (χ4n) is 1.98. The molecule has 1 saturated heterocycles. The van der Waals surface area contributed by atoms with Crippen molar-refractivity contribution < 1.29 is 26.5 Å². The predicted molar refractivity (Wildman–Crippen MR) is 104 cm³/mol. The Morgan fingerprint density at radius 2 is 1.85 bits per heavy atom. The van der Waals surface area contributed by atoms with E-state index in [9.17, 15) is 21.6 Å². The number of piperazine rings is 1. The number of amides is 1. The lowest BCUT2D eigenvalue weighted by Gasteiger charge is -2.32. The Labute approximate surface area is 167 Å². The molecule has 1 fully saturated rings. The smallest absolute Gasteiger partial charge is 0.278 e. The Hall–Kier alpha value is -0.540. The minimum atomic E-state index is -3.71. The lowest BCUT2D eigenvalue weighted by molar-refractivity contribution is -0.148. The largest absolute Gasteiger partial charge is 0.303 e. The molecule has 1 aliphatic rings. The van der Waals surface area contributed by atoms with Crippen LogP contribution in [0, 0.1) is 0 Å². The molecule has 1 unspecified atom stereocenters. The van der Waals surface area contributed by atoms with Gasteiger partial charge in [-0.2, -0.15) is 17.0 Å². The molecular weight excluding hydrogens is 422 g/mol. The van der Waals surface area contributed by atoms with E-state index in [0.717, 1.165) is 4.31 Å². The Balaban J connectivity index is 0.00000676. The van der Waals surface area contributed by atoms with Crippen molar-refractivity contribution in [3.8, 4) is 0 Å². The number of carbonyl (C=O) groups excluding carboxylic acids is 1. The van der Waals surface area contributed by atoms with Crippen molar-refractivity contribution in [1.82, 2.24) is 24.1 Å². The summed E-state index contributed by atoms with van der Waals surface area (Å²) in [5.74, 6) is -0.861. The van der Waals surface area contributed by atoms with E-state index in [-0.39, 0.29) is 32.0 Å². The first-order valence-corrected chi connectivity index (χ1v) is 11.2. The van der Waals surface area contributed by atoms with E-state index in [2.05, 4.69) is 15.5 Å². The van der Waals surface area contributed by atoms with Gasteiger partial charge in [-0.3, -0.25) is 9.63 Å². The summed E-state index contributed by atoms with van der Waals surface area (Å²) in [6.07, 6.45) is 0. The van der Waals surface area contributed by atoms with Gasteiger partial charge >= 0.3 is 0 Å². The summed E-state index contributed by atoms with van der Waals surface area (Å²) < 4.78 is 52.4. The SMILES string of the molecule is CN(C)S(=O)(=O)NCCS(=O)(=O)N1CCNC(C(=O)NOC(C)(C)C)C1.Cl. The van der Waals surface area contributed by atoms with Crippen LogP contribution in [0.25, 0.3) is 0 Å². The molecule has 1 rings (SSSR count). The third-order valence-corrected chi connectivity index (χ3v) is 6.80. The van der Waals surface area contributed by atoms with Gasteiger partial charge in [0, 0.05) is 40.3 Å². The van der Waals surface area contributed by atoms with Crippen LogP contribution in [0.1, 0.15) is 20.8 Å². The highest BCUT2D eigenvalue weighted by Crippen LogP contribution is 2.08. The number of sulfonamides is 1. The summed E-state index contributed by atoms with van der Waals surface area (Å²) in [7, 11) is -4.72. The zero-order chi connectivity index (χ0) is 20.2. The zero-order valence-electron chi connectivity index (χ0n) is 16.2. The molecule has 0 aromatic carbocycles. The van der Waals surface area contributed by atoms with Gasteiger partial charge in [0.05, 0.1) is 11.4 Å². The quantitative estimate of drug-likeness (QED) is 0.372. The number of hydroxylamine groups is 1. The summed E-state index contributed by atoms with van der Waals surface area (Å²) in [5.41, 5.74) is 1.75. The molecule has 1 heterocycles. The van der Waals surface area contributed by atoms with Crippen molar-refractivity contribution in [3.63, 3.8) is 0 Å². The molecule has 1 atom stereocenters. The highest BCUT2D eigenvalue weighted by Gasteiger charge is 2.32. The number of hydrogen-bond donors (Lipinski definition) is 3. The normalized spacial score (nSPS) is 19.6. The van der Waals surface area contributed by atoms with Crippen LogP contribution in [0.4, 0.5) is 0 Å². The molecule has 3 N–H and O–H groups in total. The minimum Gasteiger partial charge on any atom is -0.303 e. The molecular formula is C13H30ClN5O6S2. The second kappa shape index (κ2) is 10.3. The zero-order valence-corrected chi connectivity index (χ0v) is 18.6. The molecule has 0 bridgehead atoms. The van der Waals surface area contributed by atoms with Gasteiger partial charge in [0.2, 0.25) is 10.0 Å². The fraction of sp³-hybridized carbons (Fsp3) is 0.923. The van der Waals surface area contributed by atoms with E-state index < -0.39 is 43.5 Å². The highest BCUT2D eigenvalue weighted by atomic mass is 35.5. The Bertz CT molecular complexity index is 692. The van der Waals surface area contributed by atoms with Gasteiger partial charge in [0.25, 0.3) is 16.1 Å². The third-order valence-electron chi connectivity index (χ3n) is 3.43.